The zero-order valence-corrected chi connectivity index (χ0v) is 16.4. The molecule has 0 saturated heterocycles. The molecule has 134 valence electrons. The summed E-state index contributed by atoms with van der Waals surface area (Å²) in [6.07, 6.45) is -0.475. The van der Waals surface area contributed by atoms with Crippen LogP contribution in [0.15, 0.2) is 17.0 Å². The van der Waals surface area contributed by atoms with E-state index in [4.69, 9.17) is 5.84 Å². The number of aromatic nitrogens is 1. The van der Waals surface area contributed by atoms with Crippen molar-refractivity contribution in [2.75, 3.05) is 5.84 Å². The number of aryl methyl sites for hydroxylation is 4. The quantitative estimate of drug-likeness (QED) is 0.476. The maximum absolute atomic E-state index is 10.8. The van der Waals surface area contributed by atoms with E-state index in [1.165, 1.54) is 11.3 Å². The molecular formula is C16H24N2O4S2. The Kier molecular flexibility index (Phi) is 6.52. The number of hydrogen-bond acceptors (Lipinski definition) is 6. The van der Waals surface area contributed by atoms with E-state index in [1.54, 1.807) is 37.6 Å². The lowest BCUT2D eigenvalue weighted by molar-refractivity contribution is -0.651. The molecule has 1 atom stereocenters. The SMILES string of the molecule is Cc1cc(C)c(S(=O)(=O)[O-])c(C)c1.Cc1sc(C(C)O)[n+](N)c1C. The summed E-state index contributed by atoms with van der Waals surface area (Å²) < 4.78 is 34.0. The number of nitrogens with zero attached hydrogens (tertiary/aromatic N) is 1. The second-order valence-electron chi connectivity index (χ2n) is 5.81. The largest absolute Gasteiger partial charge is 0.744 e. The minimum atomic E-state index is -4.33. The Hall–Kier alpha value is -1.48. The molecule has 0 radical (unpaired) electrons. The maximum atomic E-state index is 10.8. The molecular weight excluding hydrogens is 348 g/mol. The Balaban J connectivity index is 0.000000243. The van der Waals surface area contributed by atoms with Gasteiger partial charge < -0.3 is 9.66 Å². The van der Waals surface area contributed by atoms with E-state index in [0.29, 0.717) is 11.1 Å². The van der Waals surface area contributed by atoms with Crippen molar-refractivity contribution in [2.24, 2.45) is 0 Å². The molecule has 1 heterocycles. The van der Waals surface area contributed by atoms with Gasteiger partial charge in [-0.25, -0.2) is 14.3 Å². The molecule has 6 nitrogen and oxygen atoms in total. The average molecular weight is 373 g/mol. The molecule has 0 spiro atoms. The number of aliphatic hydroxyl groups excluding tert-OH is 1. The lowest BCUT2D eigenvalue weighted by atomic mass is 10.1. The smallest absolute Gasteiger partial charge is 0.295 e. The Labute approximate surface area is 147 Å². The highest BCUT2D eigenvalue weighted by atomic mass is 32.2. The van der Waals surface area contributed by atoms with Crippen molar-refractivity contribution in [3.63, 3.8) is 0 Å². The van der Waals surface area contributed by atoms with Gasteiger partial charge in [0, 0.05) is 6.92 Å². The molecule has 0 aliphatic rings. The molecule has 0 bridgehead atoms. The number of aliphatic hydroxyl groups is 1. The molecule has 0 saturated carbocycles. The third kappa shape index (κ3) is 4.76. The predicted octanol–water partition coefficient (Wildman–Crippen LogP) is 1.94. The molecule has 0 amide bonds. The first kappa shape index (κ1) is 20.6. The lowest BCUT2D eigenvalue weighted by Crippen LogP contribution is -2.49. The minimum Gasteiger partial charge on any atom is -0.744 e. The highest BCUT2D eigenvalue weighted by Crippen LogP contribution is 2.21. The fraction of sp³-hybridized carbons (Fsp3) is 0.438. The monoisotopic (exact) mass is 372 g/mol. The van der Waals surface area contributed by atoms with Crippen LogP contribution < -0.4 is 10.5 Å². The summed E-state index contributed by atoms with van der Waals surface area (Å²) in [7, 11) is -4.33. The van der Waals surface area contributed by atoms with E-state index in [1.807, 2.05) is 20.8 Å². The van der Waals surface area contributed by atoms with Crippen LogP contribution in [0.5, 0.6) is 0 Å². The Bertz CT molecular complexity index is 817. The van der Waals surface area contributed by atoms with Crippen molar-refractivity contribution in [3.05, 3.63) is 44.4 Å². The summed E-state index contributed by atoms with van der Waals surface area (Å²) >= 11 is 1.54. The van der Waals surface area contributed by atoms with Crippen LogP contribution in [0, 0.1) is 34.6 Å². The lowest BCUT2D eigenvalue weighted by Gasteiger charge is -2.14. The van der Waals surface area contributed by atoms with Gasteiger partial charge in [0.15, 0.2) is 0 Å². The first-order chi connectivity index (χ1) is 10.9. The Morgan fingerprint density at radius 1 is 1.17 bits per heavy atom. The van der Waals surface area contributed by atoms with Gasteiger partial charge in [-0.2, -0.15) is 0 Å². The van der Waals surface area contributed by atoms with E-state index in [0.717, 1.165) is 21.1 Å². The zero-order chi connectivity index (χ0) is 18.8. The second kappa shape index (κ2) is 7.60. The van der Waals surface area contributed by atoms with Crippen molar-refractivity contribution in [1.82, 2.24) is 0 Å². The molecule has 0 fully saturated rings. The second-order valence-corrected chi connectivity index (χ2v) is 8.36. The molecule has 1 aromatic heterocycles. The van der Waals surface area contributed by atoms with Crippen molar-refractivity contribution >= 4 is 21.5 Å². The number of nitrogens with two attached hydrogens (primary N) is 1. The van der Waals surface area contributed by atoms with E-state index >= 15 is 0 Å². The van der Waals surface area contributed by atoms with Gasteiger partial charge in [0.2, 0.25) is 5.69 Å². The van der Waals surface area contributed by atoms with Gasteiger partial charge in [0.1, 0.15) is 16.2 Å². The van der Waals surface area contributed by atoms with Gasteiger partial charge >= 0.3 is 0 Å². The van der Waals surface area contributed by atoms with E-state index in [9.17, 15) is 18.1 Å². The number of nitrogen functional groups attached to an aromatic ring is 1. The van der Waals surface area contributed by atoms with Crippen molar-refractivity contribution in [3.8, 4) is 0 Å². The third-order valence-electron chi connectivity index (χ3n) is 3.58. The predicted molar refractivity (Wildman–Crippen MR) is 93.4 cm³/mol. The summed E-state index contributed by atoms with van der Waals surface area (Å²) in [6, 6.07) is 3.38. The van der Waals surface area contributed by atoms with Gasteiger partial charge in [-0.15, -0.1) is 0 Å². The summed E-state index contributed by atoms with van der Waals surface area (Å²) in [5.74, 6) is 5.67. The number of hydrogen-bond donors (Lipinski definition) is 2. The van der Waals surface area contributed by atoms with Gasteiger partial charge in [0.05, 0.1) is 9.77 Å². The van der Waals surface area contributed by atoms with Crippen LogP contribution in [0.3, 0.4) is 0 Å². The highest BCUT2D eigenvalue weighted by Gasteiger charge is 2.22. The summed E-state index contributed by atoms with van der Waals surface area (Å²) in [5, 5.41) is 10.1. The fourth-order valence-electron chi connectivity index (χ4n) is 2.46. The normalized spacial score (nSPS) is 12.5. The summed E-state index contributed by atoms with van der Waals surface area (Å²) in [6.45, 7) is 10.8. The fourth-order valence-corrected chi connectivity index (χ4v) is 4.33. The molecule has 1 unspecified atom stereocenters. The molecule has 0 aliphatic heterocycles. The maximum Gasteiger partial charge on any atom is 0.295 e. The number of benzene rings is 1. The van der Waals surface area contributed by atoms with Crippen LogP contribution in [0.1, 0.15) is 45.3 Å². The Morgan fingerprint density at radius 3 is 1.88 bits per heavy atom. The zero-order valence-electron chi connectivity index (χ0n) is 14.7. The van der Waals surface area contributed by atoms with Gasteiger partial charge in [-0.3, -0.25) is 0 Å². The summed E-state index contributed by atoms with van der Waals surface area (Å²) in [5.41, 5.74) is 3.02. The first-order valence-electron chi connectivity index (χ1n) is 7.35. The van der Waals surface area contributed by atoms with Crippen molar-refractivity contribution < 1.29 is 22.8 Å². The van der Waals surface area contributed by atoms with E-state index in [-0.39, 0.29) is 4.90 Å². The van der Waals surface area contributed by atoms with Crippen molar-refractivity contribution in [1.29, 1.82) is 0 Å². The van der Waals surface area contributed by atoms with Crippen molar-refractivity contribution in [2.45, 2.75) is 52.5 Å². The van der Waals surface area contributed by atoms with Crippen LogP contribution >= 0.6 is 11.3 Å². The van der Waals surface area contributed by atoms with Gasteiger partial charge in [-0.05, 0) is 45.7 Å². The van der Waals surface area contributed by atoms with Crippen LogP contribution in [0.2, 0.25) is 0 Å². The number of thiazole rings is 1. The standard InChI is InChI=1S/C9H12O3S.C7H13N2OS/c1-6-4-7(2)9(8(3)5-6)13(10,11)12;1-4-6(3)11-7(5(2)10)9(4)8/h4-5H,1-3H3,(H,10,11,12);5,10H,8H2,1-3H3/q;+1/p-1. The van der Waals surface area contributed by atoms with Gasteiger partial charge in [-0.1, -0.05) is 33.7 Å². The molecule has 0 aliphatic carbocycles. The van der Waals surface area contributed by atoms with Gasteiger partial charge in [0.25, 0.3) is 5.01 Å². The first-order valence-corrected chi connectivity index (χ1v) is 9.57. The van der Waals surface area contributed by atoms with Crippen LogP contribution in [-0.2, 0) is 10.1 Å². The molecule has 2 rings (SSSR count). The van der Waals surface area contributed by atoms with E-state index in [2.05, 4.69) is 0 Å². The molecule has 8 heteroatoms. The highest BCUT2D eigenvalue weighted by molar-refractivity contribution is 7.85. The van der Waals surface area contributed by atoms with Crippen LogP contribution in [0.25, 0.3) is 0 Å². The topological polar surface area (TPSA) is 107 Å². The average Bonchev–Trinajstić information content (AvgIpc) is 2.64. The van der Waals surface area contributed by atoms with Crippen LogP contribution in [-0.4, -0.2) is 18.1 Å². The summed E-state index contributed by atoms with van der Waals surface area (Å²) in [4.78, 5) is 1.07. The van der Waals surface area contributed by atoms with E-state index < -0.39 is 16.2 Å². The molecule has 3 N–H and O–H groups in total. The molecule has 24 heavy (non-hydrogen) atoms. The van der Waals surface area contributed by atoms with Crippen LogP contribution in [0.4, 0.5) is 0 Å². The number of rotatable bonds is 2. The molecule has 1 aromatic carbocycles. The molecule has 2 aromatic rings. The Morgan fingerprint density at radius 2 is 1.62 bits per heavy atom. The minimum absolute atomic E-state index is 0.0851. The third-order valence-corrected chi connectivity index (χ3v) is 6.07.